The van der Waals surface area contributed by atoms with Crippen molar-refractivity contribution < 1.29 is 24.3 Å². The van der Waals surface area contributed by atoms with E-state index in [9.17, 15) is 9.36 Å². The van der Waals surface area contributed by atoms with Crippen molar-refractivity contribution in [2.75, 3.05) is 6.16 Å². The molecule has 0 atom stereocenters. The van der Waals surface area contributed by atoms with E-state index in [0.29, 0.717) is 0 Å². The molecule has 0 fully saturated rings. The van der Waals surface area contributed by atoms with Gasteiger partial charge in [-0.3, -0.25) is 9.36 Å². The number of carbonyl (C=O) groups is 1. The van der Waals surface area contributed by atoms with E-state index in [4.69, 9.17) is 14.9 Å². The van der Waals surface area contributed by atoms with Crippen LogP contribution in [0.15, 0.2) is 12.2 Å². The van der Waals surface area contributed by atoms with Gasteiger partial charge >= 0.3 is 13.6 Å². The normalized spacial score (nSPS) is 12.2. The minimum Gasteiger partial charge on any atom is -0.481 e. The SMILES string of the molecule is O=C(O)C/C=C\CP(=O)(O)O. The molecule has 0 aliphatic heterocycles. The summed E-state index contributed by atoms with van der Waals surface area (Å²) in [5.74, 6) is -1.02. The Hall–Kier alpha value is -0.640. The van der Waals surface area contributed by atoms with Gasteiger partial charge in [0.2, 0.25) is 0 Å². The molecule has 0 saturated heterocycles. The lowest BCUT2D eigenvalue weighted by molar-refractivity contribution is -0.136. The highest BCUT2D eigenvalue weighted by Crippen LogP contribution is 2.33. The second-order valence-electron chi connectivity index (χ2n) is 1.92. The van der Waals surface area contributed by atoms with Crippen LogP contribution in [-0.4, -0.2) is 27.0 Å². The quantitative estimate of drug-likeness (QED) is 0.424. The predicted molar refractivity (Wildman–Crippen MR) is 38.3 cm³/mol. The summed E-state index contributed by atoms with van der Waals surface area (Å²) < 4.78 is 10.2. The monoisotopic (exact) mass is 180 g/mol. The molecule has 0 aliphatic carbocycles. The van der Waals surface area contributed by atoms with Crippen molar-refractivity contribution in [3.05, 3.63) is 12.2 Å². The second kappa shape index (κ2) is 4.28. The molecule has 64 valence electrons. The van der Waals surface area contributed by atoms with Gasteiger partial charge in [-0.2, -0.15) is 0 Å². The van der Waals surface area contributed by atoms with Gasteiger partial charge in [0.05, 0.1) is 12.6 Å². The lowest BCUT2D eigenvalue weighted by atomic mass is 10.4. The molecule has 0 aromatic rings. The molecular formula is C5H9O5P. The summed E-state index contributed by atoms with van der Waals surface area (Å²) in [6, 6.07) is 0. The summed E-state index contributed by atoms with van der Waals surface area (Å²) in [7, 11) is -4.01. The van der Waals surface area contributed by atoms with E-state index in [-0.39, 0.29) is 6.42 Å². The van der Waals surface area contributed by atoms with Crippen LogP contribution in [0, 0.1) is 0 Å². The molecule has 0 radical (unpaired) electrons. The molecule has 0 aromatic carbocycles. The average molecular weight is 180 g/mol. The minimum atomic E-state index is -4.01. The summed E-state index contributed by atoms with van der Waals surface area (Å²) in [4.78, 5) is 26.5. The number of allylic oxidation sites excluding steroid dienone is 1. The molecule has 0 unspecified atom stereocenters. The fourth-order valence-electron chi connectivity index (χ4n) is 0.396. The number of rotatable bonds is 4. The standard InChI is InChI=1S/C5H9O5P/c6-5(7)3-1-2-4-11(8,9)10/h1-2H,3-4H2,(H,6,7)(H2,8,9,10)/b2-1-. The maximum atomic E-state index is 10.2. The topological polar surface area (TPSA) is 94.8 Å². The summed E-state index contributed by atoms with van der Waals surface area (Å²) in [6.07, 6.45) is 1.76. The fourth-order valence-corrected chi connectivity index (χ4v) is 0.820. The molecule has 0 rings (SSSR count). The molecular weight excluding hydrogens is 171 g/mol. The molecule has 0 aromatic heterocycles. The lowest BCUT2D eigenvalue weighted by Crippen LogP contribution is -1.90. The molecule has 0 aliphatic rings. The first-order valence-corrected chi connectivity index (χ1v) is 4.63. The largest absolute Gasteiger partial charge is 0.481 e. The molecule has 6 heteroatoms. The zero-order chi connectivity index (χ0) is 8.91. The highest BCUT2D eigenvalue weighted by atomic mass is 31.2. The maximum Gasteiger partial charge on any atom is 0.329 e. The lowest BCUT2D eigenvalue weighted by Gasteiger charge is -1.95. The number of aliphatic carboxylic acids is 1. The van der Waals surface area contributed by atoms with Gasteiger partial charge in [0.25, 0.3) is 0 Å². The van der Waals surface area contributed by atoms with Gasteiger partial charge < -0.3 is 14.9 Å². The van der Waals surface area contributed by atoms with Crippen molar-refractivity contribution in [3.63, 3.8) is 0 Å². The van der Waals surface area contributed by atoms with Crippen LogP contribution in [-0.2, 0) is 9.36 Å². The van der Waals surface area contributed by atoms with Crippen LogP contribution in [0.3, 0.4) is 0 Å². The Labute approximate surface area is 63.5 Å². The maximum absolute atomic E-state index is 10.2. The Morgan fingerprint density at radius 3 is 2.27 bits per heavy atom. The first-order valence-electron chi connectivity index (χ1n) is 2.83. The third-order valence-corrected chi connectivity index (χ3v) is 1.49. The fraction of sp³-hybridized carbons (Fsp3) is 0.400. The van der Waals surface area contributed by atoms with Gasteiger partial charge in [-0.25, -0.2) is 0 Å². The Morgan fingerprint density at radius 1 is 1.36 bits per heavy atom. The van der Waals surface area contributed by atoms with E-state index >= 15 is 0 Å². The third kappa shape index (κ3) is 9.36. The van der Waals surface area contributed by atoms with Gasteiger partial charge in [-0.1, -0.05) is 12.2 Å². The Bertz CT molecular complexity index is 203. The number of hydrogen-bond acceptors (Lipinski definition) is 2. The van der Waals surface area contributed by atoms with Gasteiger partial charge in [0, 0.05) is 0 Å². The summed E-state index contributed by atoms with van der Waals surface area (Å²) >= 11 is 0. The Morgan fingerprint density at radius 2 is 1.91 bits per heavy atom. The summed E-state index contributed by atoms with van der Waals surface area (Å²) in [5, 5.41) is 8.10. The third-order valence-electron chi connectivity index (χ3n) is 0.802. The first kappa shape index (κ1) is 10.4. The first-order chi connectivity index (χ1) is 4.92. The van der Waals surface area contributed by atoms with Crippen LogP contribution >= 0.6 is 7.60 Å². The molecule has 0 spiro atoms. The smallest absolute Gasteiger partial charge is 0.329 e. The van der Waals surface area contributed by atoms with E-state index in [1.165, 1.54) is 6.08 Å². The van der Waals surface area contributed by atoms with Crippen molar-refractivity contribution in [2.45, 2.75) is 6.42 Å². The van der Waals surface area contributed by atoms with Gasteiger partial charge in [-0.15, -0.1) is 0 Å². The van der Waals surface area contributed by atoms with E-state index in [1.807, 2.05) is 0 Å². The van der Waals surface area contributed by atoms with Crippen molar-refractivity contribution in [1.29, 1.82) is 0 Å². The van der Waals surface area contributed by atoms with E-state index in [0.717, 1.165) is 6.08 Å². The average Bonchev–Trinajstić information content (AvgIpc) is 1.78. The van der Waals surface area contributed by atoms with Crippen LogP contribution in [0.4, 0.5) is 0 Å². The van der Waals surface area contributed by atoms with Crippen molar-refractivity contribution in [2.24, 2.45) is 0 Å². The Balaban J connectivity index is 3.62. The molecule has 5 nitrogen and oxygen atoms in total. The van der Waals surface area contributed by atoms with E-state index < -0.39 is 19.7 Å². The highest BCUT2D eigenvalue weighted by Gasteiger charge is 2.08. The van der Waals surface area contributed by atoms with Crippen molar-refractivity contribution in [3.8, 4) is 0 Å². The molecule has 0 amide bonds. The molecule has 0 saturated carbocycles. The number of carboxylic acids is 1. The van der Waals surface area contributed by atoms with Crippen LogP contribution in [0.5, 0.6) is 0 Å². The van der Waals surface area contributed by atoms with E-state index in [1.54, 1.807) is 0 Å². The molecule has 0 bridgehead atoms. The molecule has 3 N–H and O–H groups in total. The number of hydrogen-bond donors (Lipinski definition) is 3. The molecule has 11 heavy (non-hydrogen) atoms. The number of carboxylic acid groups (broad SMARTS) is 1. The van der Waals surface area contributed by atoms with Crippen LogP contribution in [0.25, 0.3) is 0 Å². The van der Waals surface area contributed by atoms with Crippen LogP contribution in [0.1, 0.15) is 6.42 Å². The van der Waals surface area contributed by atoms with Crippen LogP contribution in [0.2, 0.25) is 0 Å². The Kier molecular flexibility index (Phi) is 4.03. The zero-order valence-electron chi connectivity index (χ0n) is 5.67. The predicted octanol–water partition coefficient (Wildman–Crippen LogP) is 0.195. The zero-order valence-corrected chi connectivity index (χ0v) is 6.57. The molecule has 0 heterocycles. The summed E-state index contributed by atoms with van der Waals surface area (Å²) in [5.41, 5.74) is 0. The van der Waals surface area contributed by atoms with Gasteiger partial charge in [0.15, 0.2) is 0 Å². The van der Waals surface area contributed by atoms with Crippen LogP contribution < -0.4 is 0 Å². The van der Waals surface area contributed by atoms with E-state index in [2.05, 4.69) is 0 Å². The van der Waals surface area contributed by atoms with Gasteiger partial charge in [-0.05, 0) is 0 Å². The van der Waals surface area contributed by atoms with Crippen molar-refractivity contribution in [1.82, 2.24) is 0 Å². The van der Waals surface area contributed by atoms with Gasteiger partial charge in [0.1, 0.15) is 0 Å². The summed E-state index contributed by atoms with van der Waals surface area (Å²) in [6.45, 7) is 0. The minimum absolute atomic E-state index is 0.208. The van der Waals surface area contributed by atoms with Crippen molar-refractivity contribution >= 4 is 13.6 Å². The highest BCUT2D eigenvalue weighted by molar-refractivity contribution is 7.51. The second-order valence-corrected chi connectivity index (χ2v) is 3.61.